The lowest BCUT2D eigenvalue weighted by Crippen LogP contribution is -2.33. The highest BCUT2D eigenvalue weighted by molar-refractivity contribution is 5.33. The number of ether oxygens (including phenoxy) is 1. The van der Waals surface area contributed by atoms with Crippen LogP contribution in [-0.2, 0) is 18.3 Å². The molecular formula is C20H25N5O. The Morgan fingerprint density at radius 1 is 1.15 bits per heavy atom. The summed E-state index contributed by atoms with van der Waals surface area (Å²) in [5.41, 5.74) is 2.33. The van der Waals surface area contributed by atoms with E-state index in [-0.39, 0.29) is 6.04 Å². The van der Waals surface area contributed by atoms with Crippen molar-refractivity contribution in [3.05, 3.63) is 66.5 Å². The molecule has 3 heterocycles. The van der Waals surface area contributed by atoms with E-state index < -0.39 is 0 Å². The summed E-state index contributed by atoms with van der Waals surface area (Å²) in [7, 11) is 2.06. The van der Waals surface area contributed by atoms with Gasteiger partial charge in [0.05, 0.1) is 11.7 Å². The first-order chi connectivity index (χ1) is 12.8. The van der Waals surface area contributed by atoms with Crippen LogP contribution >= 0.6 is 0 Å². The first kappa shape index (κ1) is 17.0. The fraction of sp³-hybridized carbons (Fsp3) is 0.400. The molecule has 1 atom stereocenters. The molecule has 1 aromatic carbocycles. The van der Waals surface area contributed by atoms with Crippen LogP contribution in [0, 0.1) is 5.92 Å². The second kappa shape index (κ2) is 7.85. The molecule has 1 aliphatic heterocycles. The number of nitrogens with one attached hydrogen (secondary N) is 1. The zero-order chi connectivity index (χ0) is 17.8. The van der Waals surface area contributed by atoms with E-state index in [1.807, 2.05) is 29.3 Å². The molecule has 26 heavy (non-hydrogen) atoms. The lowest BCUT2D eigenvalue weighted by atomic mass is 9.91. The average molecular weight is 351 g/mol. The number of aryl methyl sites for hydroxylation is 1. The minimum Gasteiger partial charge on any atom is -0.381 e. The van der Waals surface area contributed by atoms with E-state index in [1.54, 1.807) is 6.20 Å². The van der Waals surface area contributed by atoms with E-state index in [1.165, 1.54) is 5.56 Å². The van der Waals surface area contributed by atoms with Gasteiger partial charge in [-0.3, -0.25) is 0 Å². The summed E-state index contributed by atoms with van der Waals surface area (Å²) in [5, 5.41) is 8.02. The standard InChI is InChI=1S/C20H25N5O/c1-24-12-10-21-20(24)19(17-7-13-26-14-8-17)22-15-16-3-5-18(6-4-16)25-11-2-9-23-25/h2-6,9-12,17,19,22H,7-8,13-15H2,1H3/t19-/m1/s1. The third-order valence-electron chi connectivity index (χ3n) is 5.11. The van der Waals surface area contributed by atoms with Crippen molar-refractivity contribution in [3.8, 4) is 5.69 Å². The van der Waals surface area contributed by atoms with Gasteiger partial charge in [-0.25, -0.2) is 9.67 Å². The molecule has 0 bridgehead atoms. The van der Waals surface area contributed by atoms with Crippen molar-refractivity contribution in [1.82, 2.24) is 24.6 Å². The maximum Gasteiger partial charge on any atom is 0.125 e. The fourth-order valence-electron chi connectivity index (χ4n) is 3.61. The van der Waals surface area contributed by atoms with Gasteiger partial charge in [-0.15, -0.1) is 0 Å². The van der Waals surface area contributed by atoms with Crippen LogP contribution in [0.4, 0.5) is 0 Å². The van der Waals surface area contributed by atoms with Crippen LogP contribution < -0.4 is 5.32 Å². The first-order valence-corrected chi connectivity index (χ1v) is 9.18. The van der Waals surface area contributed by atoms with E-state index >= 15 is 0 Å². The normalized spacial score (nSPS) is 16.7. The van der Waals surface area contributed by atoms with Crippen molar-refractivity contribution in [1.29, 1.82) is 0 Å². The molecule has 3 aromatic rings. The van der Waals surface area contributed by atoms with E-state index in [0.29, 0.717) is 5.92 Å². The molecule has 136 valence electrons. The zero-order valence-corrected chi connectivity index (χ0v) is 15.1. The van der Waals surface area contributed by atoms with Gasteiger partial charge < -0.3 is 14.6 Å². The lowest BCUT2D eigenvalue weighted by molar-refractivity contribution is 0.0518. The third kappa shape index (κ3) is 3.71. The van der Waals surface area contributed by atoms with Gasteiger partial charge in [0, 0.05) is 51.6 Å². The molecule has 1 aliphatic rings. The van der Waals surface area contributed by atoms with Gasteiger partial charge in [-0.2, -0.15) is 5.10 Å². The number of benzene rings is 1. The molecule has 0 spiro atoms. The molecule has 4 rings (SSSR count). The fourth-order valence-corrected chi connectivity index (χ4v) is 3.61. The van der Waals surface area contributed by atoms with Gasteiger partial charge >= 0.3 is 0 Å². The monoisotopic (exact) mass is 351 g/mol. The molecular weight excluding hydrogens is 326 g/mol. The average Bonchev–Trinajstić information content (AvgIpc) is 3.36. The van der Waals surface area contributed by atoms with E-state index in [2.05, 4.69) is 51.3 Å². The molecule has 0 unspecified atom stereocenters. The summed E-state index contributed by atoms with van der Waals surface area (Å²) >= 11 is 0. The van der Waals surface area contributed by atoms with E-state index in [0.717, 1.165) is 44.1 Å². The molecule has 0 aliphatic carbocycles. The Kier molecular flexibility index (Phi) is 5.13. The summed E-state index contributed by atoms with van der Waals surface area (Å²) < 4.78 is 9.54. The van der Waals surface area contributed by atoms with Gasteiger partial charge in [0.25, 0.3) is 0 Å². The number of hydrogen-bond acceptors (Lipinski definition) is 4. The predicted molar refractivity (Wildman–Crippen MR) is 99.9 cm³/mol. The number of nitrogens with zero attached hydrogens (tertiary/aromatic N) is 4. The second-order valence-electron chi connectivity index (χ2n) is 6.82. The number of imidazole rings is 1. The molecule has 0 saturated carbocycles. The molecule has 6 nitrogen and oxygen atoms in total. The summed E-state index contributed by atoms with van der Waals surface area (Å²) in [6.07, 6.45) is 9.78. The molecule has 1 fully saturated rings. The minimum absolute atomic E-state index is 0.240. The Morgan fingerprint density at radius 3 is 2.62 bits per heavy atom. The van der Waals surface area contributed by atoms with Gasteiger partial charge in [0.1, 0.15) is 5.82 Å². The Morgan fingerprint density at radius 2 is 1.96 bits per heavy atom. The highest BCUT2D eigenvalue weighted by atomic mass is 16.5. The van der Waals surface area contributed by atoms with E-state index in [9.17, 15) is 0 Å². The highest BCUT2D eigenvalue weighted by Crippen LogP contribution is 2.29. The number of aromatic nitrogens is 4. The SMILES string of the molecule is Cn1ccnc1[C@H](NCc1ccc(-n2cccn2)cc1)C1CCOCC1. The topological polar surface area (TPSA) is 56.9 Å². The predicted octanol–water partition coefficient (Wildman–Crippen LogP) is 2.86. The van der Waals surface area contributed by atoms with Crippen molar-refractivity contribution >= 4 is 0 Å². The lowest BCUT2D eigenvalue weighted by Gasteiger charge is -2.30. The van der Waals surface area contributed by atoms with Gasteiger partial charge in [0.2, 0.25) is 0 Å². The number of rotatable bonds is 6. The number of hydrogen-bond donors (Lipinski definition) is 1. The summed E-state index contributed by atoms with van der Waals surface area (Å²) in [5.74, 6) is 1.65. The first-order valence-electron chi connectivity index (χ1n) is 9.18. The van der Waals surface area contributed by atoms with Gasteiger partial charge in [0.15, 0.2) is 0 Å². The van der Waals surface area contributed by atoms with Gasteiger partial charge in [-0.1, -0.05) is 12.1 Å². The Labute approximate surface area is 153 Å². The molecule has 2 aromatic heterocycles. The minimum atomic E-state index is 0.240. The Bertz CT molecular complexity index is 803. The summed E-state index contributed by atoms with van der Waals surface area (Å²) in [6, 6.07) is 10.7. The molecule has 6 heteroatoms. The molecule has 1 saturated heterocycles. The summed E-state index contributed by atoms with van der Waals surface area (Å²) in [4.78, 5) is 4.60. The van der Waals surface area contributed by atoms with Crippen LogP contribution in [0.1, 0.15) is 30.3 Å². The third-order valence-corrected chi connectivity index (χ3v) is 5.11. The van der Waals surface area contributed by atoms with Crippen LogP contribution in [0.5, 0.6) is 0 Å². The molecule has 0 radical (unpaired) electrons. The van der Waals surface area contributed by atoms with Crippen LogP contribution in [0.2, 0.25) is 0 Å². The van der Waals surface area contributed by atoms with Crippen molar-refractivity contribution in [2.45, 2.75) is 25.4 Å². The highest BCUT2D eigenvalue weighted by Gasteiger charge is 2.27. The Balaban J connectivity index is 1.46. The van der Waals surface area contributed by atoms with Crippen molar-refractivity contribution in [2.75, 3.05) is 13.2 Å². The quantitative estimate of drug-likeness (QED) is 0.742. The molecule has 1 N–H and O–H groups in total. The van der Waals surface area contributed by atoms with Crippen molar-refractivity contribution in [2.24, 2.45) is 13.0 Å². The Hall–Kier alpha value is -2.44. The van der Waals surface area contributed by atoms with Crippen LogP contribution in [0.15, 0.2) is 55.1 Å². The maximum atomic E-state index is 5.55. The smallest absolute Gasteiger partial charge is 0.125 e. The summed E-state index contributed by atoms with van der Waals surface area (Å²) in [6.45, 7) is 2.49. The van der Waals surface area contributed by atoms with Crippen molar-refractivity contribution in [3.63, 3.8) is 0 Å². The van der Waals surface area contributed by atoms with Crippen molar-refractivity contribution < 1.29 is 4.74 Å². The van der Waals surface area contributed by atoms with Crippen LogP contribution in [0.25, 0.3) is 5.69 Å². The molecule has 0 amide bonds. The maximum absolute atomic E-state index is 5.55. The second-order valence-corrected chi connectivity index (χ2v) is 6.82. The zero-order valence-electron chi connectivity index (χ0n) is 15.1. The van der Waals surface area contributed by atoms with Gasteiger partial charge in [-0.05, 0) is 42.5 Å². The van der Waals surface area contributed by atoms with Crippen LogP contribution in [-0.4, -0.2) is 32.5 Å². The van der Waals surface area contributed by atoms with E-state index in [4.69, 9.17) is 4.74 Å². The largest absolute Gasteiger partial charge is 0.381 e. The van der Waals surface area contributed by atoms with Crippen LogP contribution in [0.3, 0.4) is 0 Å².